The number of ether oxygens (including phenoxy) is 1. The molecule has 6 nitrogen and oxygen atoms in total. The molecule has 3 aromatic rings. The molecular weight excluding hydrogens is 442 g/mol. The van der Waals surface area contributed by atoms with Gasteiger partial charge in [-0.15, -0.1) is 0 Å². The Hall–Kier alpha value is -2.64. The van der Waals surface area contributed by atoms with Gasteiger partial charge in [-0.1, -0.05) is 24.8 Å². The Balaban J connectivity index is 1.55. The number of nitrogens with one attached hydrogen (secondary N) is 1. The lowest BCUT2D eigenvalue weighted by atomic mass is 10.1. The van der Waals surface area contributed by atoms with Crippen LogP contribution in [0.2, 0.25) is 5.02 Å². The van der Waals surface area contributed by atoms with Crippen LogP contribution in [-0.2, 0) is 0 Å². The molecule has 3 heterocycles. The lowest BCUT2D eigenvalue weighted by molar-refractivity contribution is 0.0441. The molecule has 142 valence electrons. The topological polar surface area (TPSA) is 63.2 Å². The zero-order valence-corrected chi connectivity index (χ0v) is 17.2. The van der Waals surface area contributed by atoms with E-state index in [-0.39, 0.29) is 6.10 Å². The highest BCUT2D eigenvalue weighted by atomic mass is 79.9. The molecule has 2 aromatic heterocycles. The van der Waals surface area contributed by atoms with Gasteiger partial charge >= 0.3 is 0 Å². The average Bonchev–Trinajstić information content (AvgIpc) is 2.67. The highest BCUT2D eigenvalue weighted by Gasteiger charge is 2.28. The number of nitrogens with zero attached hydrogens (tertiary/aromatic N) is 4. The second-order valence-corrected chi connectivity index (χ2v) is 7.60. The van der Waals surface area contributed by atoms with Crippen molar-refractivity contribution in [3.63, 3.8) is 0 Å². The maximum Gasteiger partial charge on any atom is 0.214 e. The summed E-state index contributed by atoms with van der Waals surface area (Å²) in [7, 11) is 0. The van der Waals surface area contributed by atoms with E-state index in [9.17, 15) is 0 Å². The number of anilines is 2. The first kappa shape index (κ1) is 18.7. The van der Waals surface area contributed by atoms with Crippen LogP contribution >= 0.6 is 27.5 Å². The summed E-state index contributed by atoms with van der Waals surface area (Å²) in [6.07, 6.45) is 3.31. The Morgan fingerprint density at radius 1 is 1.29 bits per heavy atom. The normalized spacial score (nSPS) is 13.9. The van der Waals surface area contributed by atoms with Gasteiger partial charge < -0.3 is 15.0 Å². The van der Waals surface area contributed by atoms with E-state index in [1.807, 2.05) is 30.3 Å². The van der Waals surface area contributed by atoms with Crippen molar-refractivity contribution >= 4 is 50.1 Å². The van der Waals surface area contributed by atoms with E-state index < -0.39 is 0 Å². The van der Waals surface area contributed by atoms with E-state index in [1.165, 1.54) is 6.33 Å². The van der Waals surface area contributed by atoms with Gasteiger partial charge in [0.2, 0.25) is 5.88 Å². The van der Waals surface area contributed by atoms with Crippen LogP contribution in [0, 0.1) is 0 Å². The van der Waals surface area contributed by atoms with Crippen molar-refractivity contribution in [3.8, 4) is 5.88 Å². The molecule has 8 heteroatoms. The predicted molar refractivity (Wildman–Crippen MR) is 115 cm³/mol. The zero-order valence-electron chi connectivity index (χ0n) is 14.9. The van der Waals surface area contributed by atoms with Crippen LogP contribution in [0.15, 0.2) is 66.1 Å². The minimum atomic E-state index is 0.0629. The van der Waals surface area contributed by atoms with Crippen molar-refractivity contribution in [1.82, 2.24) is 19.9 Å². The first-order chi connectivity index (χ1) is 13.5. The third-order valence-corrected chi connectivity index (χ3v) is 5.65. The number of hydrogen-bond donors (Lipinski definition) is 1. The van der Waals surface area contributed by atoms with Gasteiger partial charge in [0.15, 0.2) is 5.82 Å². The maximum absolute atomic E-state index is 6.18. The maximum atomic E-state index is 6.18. The van der Waals surface area contributed by atoms with Gasteiger partial charge in [-0.3, -0.25) is 0 Å². The first-order valence-electron chi connectivity index (χ1n) is 8.60. The Morgan fingerprint density at radius 2 is 2.11 bits per heavy atom. The number of halogens is 2. The quantitative estimate of drug-likeness (QED) is 0.528. The fraction of sp³-hybridized carbons (Fsp3) is 0.150. The van der Waals surface area contributed by atoms with Crippen molar-refractivity contribution in [2.45, 2.75) is 6.10 Å². The minimum Gasteiger partial charge on any atom is -0.471 e. The number of rotatable bonds is 6. The fourth-order valence-corrected chi connectivity index (χ4v) is 3.26. The van der Waals surface area contributed by atoms with Gasteiger partial charge in [0.1, 0.15) is 17.9 Å². The summed E-state index contributed by atoms with van der Waals surface area (Å²) in [6.45, 7) is 9.20. The minimum absolute atomic E-state index is 0.0629. The molecule has 28 heavy (non-hydrogen) atoms. The molecule has 1 aliphatic heterocycles. The van der Waals surface area contributed by atoms with Gasteiger partial charge in [0.05, 0.1) is 23.6 Å². The van der Waals surface area contributed by atoms with Crippen molar-refractivity contribution < 1.29 is 4.74 Å². The number of benzene rings is 1. The van der Waals surface area contributed by atoms with Crippen LogP contribution in [0.5, 0.6) is 5.88 Å². The molecule has 0 radical (unpaired) electrons. The van der Waals surface area contributed by atoms with E-state index in [0.717, 1.165) is 34.5 Å². The number of fused-ring (bicyclic) bond motifs is 1. The smallest absolute Gasteiger partial charge is 0.214 e. The highest BCUT2D eigenvalue weighted by molar-refractivity contribution is 9.10. The second kappa shape index (κ2) is 7.77. The standard InChI is InChI=1S/C20H17BrClN5O/c1-3-12(2)27-9-14(10-27)28-18-7-6-17-19(26-18)20(24-11-23-17)25-13-4-5-15(21)16(22)8-13/h3-8,11,14H,1-2,9-10H2,(H,23,24,25). The lowest BCUT2D eigenvalue weighted by Crippen LogP contribution is -2.52. The Kier molecular flexibility index (Phi) is 5.19. The highest BCUT2D eigenvalue weighted by Crippen LogP contribution is 2.29. The molecule has 0 spiro atoms. The van der Waals surface area contributed by atoms with Crippen LogP contribution in [0.1, 0.15) is 0 Å². The van der Waals surface area contributed by atoms with Gasteiger partial charge in [-0.25, -0.2) is 15.0 Å². The van der Waals surface area contributed by atoms with Crippen LogP contribution in [0.3, 0.4) is 0 Å². The summed E-state index contributed by atoms with van der Waals surface area (Å²) in [5.41, 5.74) is 3.06. The van der Waals surface area contributed by atoms with Gasteiger partial charge in [0.25, 0.3) is 0 Å². The van der Waals surface area contributed by atoms with Gasteiger partial charge in [0, 0.05) is 21.9 Å². The third kappa shape index (κ3) is 3.81. The molecule has 0 saturated carbocycles. The van der Waals surface area contributed by atoms with E-state index >= 15 is 0 Å². The van der Waals surface area contributed by atoms with Crippen molar-refractivity contribution in [3.05, 3.63) is 71.1 Å². The fourth-order valence-electron chi connectivity index (χ4n) is 2.84. The average molecular weight is 459 g/mol. The molecule has 0 unspecified atom stereocenters. The molecule has 0 bridgehead atoms. The molecule has 1 N–H and O–H groups in total. The number of pyridine rings is 1. The van der Waals surface area contributed by atoms with Crippen LogP contribution in [-0.4, -0.2) is 39.0 Å². The molecule has 0 amide bonds. The summed E-state index contributed by atoms with van der Waals surface area (Å²) in [6, 6.07) is 9.28. The largest absolute Gasteiger partial charge is 0.471 e. The lowest BCUT2D eigenvalue weighted by Gasteiger charge is -2.40. The number of likely N-dealkylation sites (tertiary alicyclic amines) is 1. The van der Waals surface area contributed by atoms with Crippen LogP contribution < -0.4 is 10.1 Å². The summed E-state index contributed by atoms with van der Waals surface area (Å²) in [4.78, 5) is 15.3. The van der Waals surface area contributed by atoms with E-state index in [0.29, 0.717) is 22.2 Å². The van der Waals surface area contributed by atoms with Gasteiger partial charge in [-0.2, -0.15) is 0 Å². The first-order valence-corrected chi connectivity index (χ1v) is 9.77. The Morgan fingerprint density at radius 3 is 2.86 bits per heavy atom. The van der Waals surface area contributed by atoms with Crippen LogP contribution in [0.25, 0.3) is 11.0 Å². The Labute approximate surface area is 176 Å². The zero-order chi connectivity index (χ0) is 19.7. The van der Waals surface area contributed by atoms with Crippen molar-refractivity contribution in [2.75, 3.05) is 18.4 Å². The van der Waals surface area contributed by atoms with Crippen molar-refractivity contribution in [2.24, 2.45) is 0 Å². The molecule has 1 saturated heterocycles. The SMILES string of the molecule is C=CC(=C)N1CC(Oc2ccc3ncnc(Nc4ccc(Br)c(Cl)c4)c3n2)C1. The molecule has 4 rings (SSSR count). The summed E-state index contributed by atoms with van der Waals surface area (Å²) < 4.78 is 6.81. The molecule has 1 aromatic carbocycles. The molecule has 0 aliphatic carbocycles. The summed E-state index contributed by atoms with van der Waals surface area (Å²) in [5, 5.41) is 3.86. The number of aromatic nitrogens is 3. The predicted octanol–water partition coefficient (Wildman–Crippen LogP) is 4.95. The van der Waals surface area contributed by atoms with E-state index in [4.69, 9.17) is 16.3 Å². The summed E-state index contributed by atoms with van der Waals surface area (Å²) in [5.74, 6) is 1.12. The Bertz CT molecular complexity index is 1070. The van der Waals surface area contributed by atoms with Crippen molar-refractivity contribution in [1.29, 1.82) is 0 Å². The molecular formula is C20H17BrClN5O. The van der Waals surface area contributed by atoms with Crippen LogP contribution in [0.4, 0.5) is 11.5 Å². The monoisotopic (exact) mass is 457 g/mol. The molecule has 0 atom stereocenters. The van der Waals surface area contributed by atoms with E-state index in [1.54, 1.807) is 6.08 Å². The third-order valence-electron chi connectivity index (χ3n) is 4.42. The number of hydrogen-bond acceptors (Lipinski definition) is 6. The number of allylic oxidation sites excluding steroid dienone is 1. The molecule has 1 fully saturated rings. The van der Waals surface area contributed by atoms with Gasteiger partial charge in [-0.05, 0) is 46.3 Å². The molecule has 1 aliphatic rings. The second-order valence-electron chi connectivity index (χ2n) is 6.33. The van der Waals surface area contributed by atoms with E-state index in [2.05, 4.69) is 54.3 Å². The summed E-state index contributed by atoms with van der Waals surface area (Å²) >= 11 is 9.56.